The zero-order valence-corrected chi connectivity index (χ0v) is 11.6. The fourth-order valence-electron chi connectivity index (χ4n) is 2.65. The minimum absolute atomic E-state index is 0.103. The van der Waals surface area contributed by atoms with Gasteiger partial charge < -0.3 is 5.73 Å². The number of likely N-dealkylation sites (N-methyl/N-ethyl adjacent to an activating group) is 1. The summed E-state index contributed by atoms with van der Waals surface area (Å²) in [5.41, 5.74) is 6.36. The molecule has 6 heteroatoms. The van der Waals surface area contributed by atoms with Crippen molar-refractivity contribution in [1.82, 2.24) is 19.9 Å². The summed E-state index contributed by atoms with van der Waals surface area (Å²) in [5.74, 6) is 0.661. The van der Waals surface area contributed by atoms with Crippen LogP contribution in [0.15, 0.2) is 29.1 Å². The summed E-state index contributed by atoms with van der Waals surface area (Å²) in [6.07, 6.45) is 2.45. The van der Waals surface area contributed by atoms with Crippen molar-refractivity contribution >= 4 is 10.9 Å². The molecule has 1 fully saturated rings. The van der Waals surface area contributed by atoms with E-state index in [0.29, 0.717) is 36.1 Å². The minimum Gasteiger partial charge on any atom is -0.329 e. The Morgan fingerprint density at radius 3 is 2.90 bits per heavy atom. The SMILES string of the molecule is CN(Cn1nnc2ccccc2c1=O)C(CN)C1CC1. The molecule has 20 heavy (non-hydrogen) atoms. The molecule has 0 radical (unpaired) electrons. The largest absolute Gasteiger partial charge is 0.329 e. The normalized spacial score (nSPS) is 16.8. The van der Waals surface area contributed by atoms with Crippen LogP contribution in [0.3, 0.4) is 0 Å². The molecule has 1 heterocycles. The number of fused-ring (bicyclic) bond motifs is 1. The van der Waals surface area contributed by atoms with Crippen LogP contribution in [0.4, 0.5) is 0 Å². The molecule has 1 unspecified atom stereocenters. The zero-order chi connectivity index (χ0) is 14.1. The maximum atomic E-state index is 12.4. The quantitative estimate of drug-likeness (QED) is 0.854. The van der Waals surface area contributed by atoms with Crippen molar-refractivity contribution in [2.75, 3.05) is 13.6 Å². The molecule has 1 aromatic carbocycles. The molecule has 2 N–H and O–H groups in total. The van der Waals surface area contributed by atoms with Gasteiger partial charge in [-0.15, -0.1) is 5.10 Å². The molecular formula is C14H19N5O. The van der Waals surface area contributed by atoms with E-state index in [9.17, 15) is 4.79 Å². The standard InChI is InChI=1S/C14H19N5O/c1-18(13(8-15)10-6-7-10)9-19-14(20)11-4-2-3-5-12(11)16-17-19/h2-5,10,13H,6-9,15H2,1H3. The molecule has 0 spiro atoms. The summed E-state index contributed by atoms with van der Waals surface area (Å²) in [6.45, 7) is 1.03. The van der Waals surface area contributed by atoms with Crippen molar-refractivity contribution in [1.29, 1.82) is 0 Å². The van der Waals surface area contributed by atoms with Gasteiger partial charge >= 0.3 is 0 Å². The molecule has 2 aromatic rings. The Hall–Kier alpha value is -1.79. The van der Waals surface area contributed by atoms with Crippen molar-refractivity contribution in [2.45, 2.75) is 25.6 Å². The maximum Gasteiger partial charge on any atom is 0.278 e. The van der Waals surface area contributed by atoms with E-state index in [2.05, 4.69) is 15.2 Å². The van der Waals surface area contributed by atoms with E-state index < -0.39 is 0 Å². The first-order valence-electron chi connectivity index (χ1n) is 6.93. The first kappa shape index (κ1) is 13.2. The third-order valence-corrected chi connectivity index (χ3v) is 3.96. The van der Waals surface area contributed by atoms with Crippen LogP contribution in [0, 0.1) is 5.92 Å². The highest BCUT2D eigenvalue weighted by molar-refractivity contribution is 5.76. The Labute approximate surface area is 117 Å². The minimum atomic E-state index is -0.103. The predicted octanol–water partition coefficient (Wildman–Crippen LogP) is 0.418. The Bertz CT molecular complexity index is 664. The Kier molecular flexibility index (Phi) is 3.50. The molecule has 0 saturated heterocycles. The molecule has 1 aromatic heterocycles. The summed E-state index contributed by atoms with van der Waals surface area (Å²) in [6, 6.07) is 7.58. The molecule has 6 nitrogen and oxygen atoms in total. The first-order valence-corrected chi connectivity index (χ1v) is 6.93. The van der Waals surface area contributed by atoms with Crippen LogP contribution >= 0.6 is 0 Å². The van der Waals surface area contributed by atoms with Crippen LogP contribution in [-0.2, 0) is 6.67 Å². The second-order valence-electron chi connectivity index (χ2n) is 5.45. The second kappa shape index (κ2) is 5.30. The van der Waals surface area contributed by atoms with Crippen molar-refractivity contribution in [2.24, 2.45) is 11.7 Å². The van der Waals surface area contributed by atoms with E-state index in [1.165, 1.54) is 17.5 Å². The first-order chi connectivity index (χ1) is 9.70. The Morgan fingerprint density at radius 2 is 2.20 bits per heavy atom. The molecule has 1 aliphatic carbocycles. The number of nitrogens with two attached hydrogens (primary N) is 1. The monoisotopic (exact) mass is 273 g/mol. The number of rotatable bonds is 5. The smallest absolute Gasteiger partial charge is 0.278 e. The van der Waals surface area contributed by atoms with Crippen LogP contribution in [-0.4, -0.2) is 39.5 Å². The summed E-state index contributed by atoms with van der Waals surface area (Å²) in [7, 11) is 1.99. The fourth-order valence-corrected chi connectivity index (χ4v) is 2.65. The lowest BCUT2D eigenvalue weighted by Crippen LogP contribution is -2.43. The zero-order valence-electron chi connectivity index (χ0n) is 11.6. The lowest BCUT2D eigenvalue weighted by molar-refractivity contribution is 0.163. The van der Waals surface area contributed by atoms with Crippen molar-refractivity contribution in [3.63, 3.8) is 0 Å². The Balaban J connectivity index is 1.87. The van der Waals surface area contributed by atoms with Gasteiger partial charge in [-0.3, -0.25) is 9.69 Å². The highest BCUT2D eigenvalue weighted by atomic mass is 16.1. The number of aromatic nitrogens is 3. The molecule has 3 rings (SSSR count). The van der Waals surface area contributed by atoms with Crippen LogP contribution in [0.2, 0.25) is 0 Å². The molecule has 0 aliphatic heterocycles. The molecular weight excluding hydrogens is 254 g/mol. The van der Waals surface area contributed by atoms with Gasteiger partial charge in [0.2, 0.25) is 0 Å². The highest BCUT2D eigenvalue weighted by Gasteiger charge is 2.33. The van der Waals surface area contributed by atoms with E-state index in [1.54, 1.807) is 12.1 Å². The lowest BCUT2D eigenvalue weighted by Gasteiger charge is -2.26. The molecule has 1 atom stereocenters. The van der Waals surface area contributed by atoms with Gasteiger partial charge in [0.05, 0.1) is 12.1 Å². The van der Waals surface area contributed by atoms with E-state index in [0.717, 1.165) is 0 Å². The summed E-state index contributed by atoms with van der Waals surface area (Å²) in [5, 5.41) is 8.71. The summed E-state index contributed by atoms with van der Waals surface area (Å²) < 4.78 is 1.41. The van der Waals surface area contributed by atoms with E-state index in [1.807, 2.05) is 19.2 Å². The third-order valence-electron chi connectivity index (χ3n) is 3.96. The fraction of sp³-hybridized carbons (Fsp3) is 0.500. The number of hydrogen-bond acceptors (Lipinski definition) is 5. The third kappa shape index (κ3) is 2.44. The predicted molar refractivity (Wildman–Crippen MR) is 77.1 cm³/mol. The van der Waals surface area contributed by atoms with Gasteiger partial charge in [-0.05, 0) is 37.9 Å². The molecule has 106 valence electrons. The average Bonchev–Trinajstić information content (AvgIpc) is 3.28. The van der Waals surface area contributed by atoms with Gasteiger partial charge in [0.25, 0.3) is 5.56 Å². The summed E-state index contributed by atoms with van der Waals surface area (Å²) in [4.78, 5) is 14.5. The average molecular weight is 273 g/mol. The number of nitrogens with zero attached hydrogens (tertiary/aromatic N) is 4. The van der Waals surface area contributed by atoms with Crippen LogP contribution < -0.4 is 11.3 Å². The van der Waals surface area contributed by atoms with Gasteiger partial charge in [0.1, 0.15) is 5.52 Å². The topological polar surface area (TPSA) is 77.0 Å². The van der Waals surface area contributed by atoms with Gasteiger partial charge in [-0.1, -0.05) is 17.3 Å². The van der Waals surface area contributed by atoms with E-state index in [-0.39, 0.29) is 5.56 Å². The van der Waals surface area contributed by atoms with Gasteiger partial charge in [0, 0.05) is 12.6 Å². The molecule has 0 bridgehead atoms. The van der Waals surface area contributed by atoms with E-state index in [4.69, 9.17) is 5.73 Å². The van der Waals surface area contributed by atoms with Gasteiger partial charge in [-0.25, -0.2) is 0 Å². The van der Waals surface area contributed by atoms with Gasteiger partial charge in [0.15, 0.2) is 0 Å². The van der Waals surface area contributed by atoms with Crippen LogP contribution in [0.1, 0.15) is 12.8 Å². The maximum absolute atomic E-state index is 12.4. The number of benzene rings is 1. The highest BCUT2D eigenvalue weighted by Crippen LogP contribution is 2.34. The molecule has 1 saturated carbocycles. The van der Waals surface area contributed by atoms with E-state index >= 15 is 0 Å². The van der Waals surface area contributed by atoms with Crippen LogP contribution in [0.25, 0.3) is 10.9 Å². The van der Waals surface area contributed by atoms with Gasteiger partial charge in [-0.2, -0.15) is 4.68 Å². The lowest BCUT2D eigenvalue weighted by atomic mass is 10.2. The number of hydrogen-bond donors (Lipinski definition) is 1. The second-order valence-corrected chi connectivity index (χ2v) is 5.45. The van der Waals surface area contributed by atoms with Crippen molar-refractivity contribution in [3.8, 4) is 0 Å². The molecule has 0 amide bonds. The Morgan fingerprint density at radius 1 is 1.45 bits per heavy atom. The van der Waals surface area contributed by atoms with Crippen LogP contribution in [0.5, 0.6) is 0 Å². The van der Waals surface area contributed by atoms with Crippen molar-refractivity contribution < 1.29 is 0 Å². The molecule has 1 aliphatic rings. The van der Waals surface area contributed by atoms with Crippen molar-refractivity contribution in [3.05, 3.63) is 34.6 Å². The summed E-state index contributed by atoms with van der Waals surface area (Å²) >= 11 is 0.